The first-order valence-corrected chi connectivity index (χ1v) is 6.33. The third-order valence-corrected chi connectivity index (χ3v) is 4.69. The topological polar surface area (TPSA) is 34.1 Å². The number of halogens is 1. The SMILES string of the molecule is O=S(=O)(F)c1cc2c(s1)CCCC2. The zero-order chi connectivity index (χ0) is 9.47. The van der Waals surface area contributed by atoms with Gasteiger partial charge in [-0.3, -0.25) is 0 Å². The van der Waals surface area contributed by atoms with Crippen LogP contribution in [0.15, 0.2) is 10.3 Å². The number of aryl methyl sites for hydroxylation is 2. The van der Waals surface area contributed by atoms with Gasteiger partial charge in [-0.25, -0.2) is 0 Å². The lowest BCUT2D eigenvalue weighted by molar-refractivity contribution is 0.554. The Morgan fingerprint density at radius 3 is 2.62 bits per heavy atom. The van der Waals surface area contributed by atoms with E-state index in [0.29, 0.717) is 0 Å². The van der Waals surface area contributed by atoms with Crippen molar-refractivity contribution in [2.45, 2.75) is 29.9 Å². The fraction of sp³-hybridized carbons (Fsp3) is 0.500. The molecule has 13 heavy (non-hydrogen) atoms. The molecule has 0 saturated carbocycles. The van der Waals surface area contributed by atoms with E-state index in [-0.39, 0.29) is 4.21 Å². The summed E-state index contributed by atoms with van der Waals surface area (Å²) in [6.45, 7) is 0. The molecule has 0 atom stereocenters. The van der Waals surface area contributed by atoms with Gasteiger partial charge < -0.3 is 0 Å². The fourth-order valence-electron chi connectivity index (χ4n) is 1.58. The highest BCUT2D eigenvalue weighted by molar-refractivity contribution is 7.88. The van der Waals surface area contributed by atoms with Crippen molar-refractivity contribution >= 4 is 21.6 Å². The number of rotatable bonds is 1. The van der Waals surface area contributed by atoms with E-state index in [4.69, 9.17) is 0 Å². The Morgan fingerprint density at radius 2 is 2.00 bits per heavy atom. The smallest absolute Gasteiger partial charge is 0.188 e. The fourth-order valence-corrected chi connectivity index (χ4v) is 3.55. The van der Waals surface area contributed by atoms with Gasteiger partial charge in [0, 0.05) is 4.88 Å². The van der Waals surface area contributed by atoms with Gasteiger partial charge in [-0.05, 0) is 37.3 Å². The summed E-state index contributed by atoms with van der Waals surface area (Å²) < 4.78 is 33.7. The normalized spacial score (nSPS) is 17.0. The first-order chi connectivity index (χ1) is 6.07. The van der Waals surface area contributed by atoms with Crippen molar-refractivity contribution in [3.8, 4) is 0 Å². The molecule has 1 aromatic heterocycles. The molecular formula is C8H9FO2S2. The van der Waals surface area contributed by atoms with Gasteiger partial charge in [0.15, 0.2) is 4.21 Å². The molecule has 0 N–H and O–H groups in total. The first kappa shape index (κ1) is 9.15. The van der Waals surface area contributed by atoms with Gasteiger partial charge in [0.25, 0.3) is 0 Å². The summed E-state index contributed by atoms with van der Waals surface area (Å²) >= 11 is 1.08. The van der Waals surface area contributed by atoms with E-state index >= 15 is 0 Å². The third-order valence-electron chi connectivity index (χ3n) is 2.21. The van der Waals surface area contributed by atoms with Crippen LogP contribution in [0.4, 0.5) is 3.89 Å². The van der Waals surface area contributed by atoms with Crippen LogP contribution >= 0.6 is 11.3 Å². The summed E-state index contributed by atoms with van der Waals surface area (Å²) in [4.78, 5) is 1.04. The monoisotopic (exact) mass is 220 g/mol. The molecule has 72 valence electrons. The van der Waals surface area contributed by atoms with Gasteiger partial charge >= 0.3 is 10.2 Å². The number of hydrogen-bond donors (Lipinski definition) is 0. The zero-order valence-electron chi connectivity index (χ0n) is 6.92. The molecule has 0 amide bonds. The van der Waals surface area contributed by atoms with E-state index in [0.717, 1.165) is 47.5 Å². The average molecular weight is 220 g/mol. The third kappa shape index (κ3) is 1.76. The molecular weight excluding hydrogens is 211 g/mol. The highest BCUT2D eigenvalue weighted by atomic mass is 32.3. The minimum atomic E-state index is -4.48. The summed E-state index contributed by atoms with van der Waals surface area (Å²) in [6.07, 6.45) is 3.95. The van der Waals surface area contributed by atoms with Crippen LogP contribution in [0.1, 0.15) is 23.3 Å². The second-order valence-electron chi connectivity index (χ2n) is 3.16. The van der Waals surface area contributed by atoms with Crippen LogP contribution in [-0.4, -0.2) is 8.42 Å². The zero-order valence-corrected chi connectivity index (χ0v) is 8.55. The first-order valence-electron chi connectivity index (χ1n) is 4.13. The molecule has 0 bridgehead atoms. The van der Waals surface area contributed by atoms with Crippen molar-refractivity contribution in [2.24, 2.45) is 0 Å². The van der Waals surface area contributed by atoms with Crippen LogP contribution in [0.3, 0.4) is 0 Å². The highest BCUT2D eigenvalue weighted by Crippen LogP contribution is 2.32. The molecule has 1 aliphatic rings. The van der Waals surface area contributed by atoms with Crippen LogP contribution in [-0.2, 0) is 23.1 Å². The highest BCUT2D eigenvalue weighted by Gasteiger charge is 2.20. The Morgan fingerprint density at radius 1 is 1.31 bits per heavy atom. The van der Waals surface area contributed by atoms with Crippen molar-refractivity contribution in [3.63, 3.8) is 0 Å². The molecule has 0 aliphatic heterocycles. The largest absolute Gasteiger partial charge is 0.341 e. The Labute approximate surface area is 80.6 Å². The lowest BCUT2D eigenvalue weighted by atomic mass is 10.00. The van der Waals surface area contributed by atoms with Gasteiger partial charge in [-0.15, -0.1) is 11.3 Å². The Kier molecular flexibility index (Phi) is 2.15. The molecule has 1 aliphatic carbocycles. The maximum absolute atomic E-state index is 12.6. The van der Waals surface area contributed by atoms with Crippen molar-refractivity contribution in [2.75, 3.05) is 0 Å². The predicted octanol–water partition coefficient (Wildman–Crippen LogP) is 2.29. The molecule has 2 nitrogen and oxygen atoms in total. The van der Waals surface area contributed by atoms with Gasteiger partial charge in [-0.1, -0.05) is 3.89 Å². The number of fused-ring (bicyclic) bond motifs is 1. The van der Waals surface area contributed by atoms with Crippen LogP contribution < -0.4 is 0 Å². The second kappa shape index (κ2) is 3.06. The van der Waals surface area contributed by atoms with Crippen LogP contribution in [0.25, 0.3) is 0 Å². The van der Waals surface area contributed by atoms with Gasteiger partial charge in [0.1, 0.15) is 0 Å². The van der Waals surface area contributed by atoms with Crippen molar-refractivity contribution in [1.29, 1.82) is 0 Å². The maximum atomic E-state index is 12.6. The Hall–Kier alpha value is -0.420. The minimum absolute atomic E-state index is 0.126. The summed E-state index contributed by atoms with van der Waals surface area (Å²) in [7, 11) is -4.48. The van der Waals surface area contributed by atoms with Crippen LogP contribution in [0, 0.1) is 0 Å². The quantitative estimate of drug-likeness (QED) is 0.680. The van der Waals surface area contributed by atoms with Gasteiger partial charge in [0.2, 0.25) is 0 Å². The molecule has 0 saturated heterocycles. The van der Waals surface area contributed by atoms with Gasteiger partial charge in [0.05, 0.1) is 0 Å². The van der Waals surface area contributed by atoms with E-state index in [1.165, 1.54) is 6.07 Å². The van der Waals surface area contributed by atoms with E-state index in [1.54, 1.807) is 0 Å². The molecule has 2 rings (SSSR count). The Bertz CT molecular complexity index is 396. The van der Waals surface area contributed by atoms with Crippen molar-refractivity contribution in [1.82, 2.24) is 0 Å². The Balaban J connectivity index is 2.47. The summed E-state index contributed by atoms with van der Waals surface area (Å²) in [5.41, 5.74) is 1.02. The predicted molar refractivity (Wildman–Crippen MR) is 49.3 cm³/mol. The minimum Gasteiger partial charge on any atom is -0.188 e. The average Bonchev–Trinajstić information content (AvgIpc) is 2.45. The molecule has 0 unspecified atom stereocenters. The lowest BCUT2D eigenvalue weighted by Gasteiger charge is -2.08. The molecule has 5 heteroatoms. The number of thiophene rings is 1. The molecule has 0 aromatic carbocycles. The summed E-state index contributed by atoms with van der Waals surface area (Å²) in [6, 6.07) is 1.48. The molecule has 1 aromatic rings. The molecule has 0 radical (unpaired) electrons. The number of hydrogen-bond acceptors (Lipinski definition) is 3. The second-order valence-corrected chi connectivity index (χ2v) is 5.87. The summed E-state index contributed by atoms with van der Waals surface area (Å²) in [5.74, 6) is 0. The summed E-state index contributed by atoms with van der Waals surface area (Å²) in [5, 5.41) is 0. The van der Waals surface area contributed by atoms with E-state index in [2.05, 4.69) is 0 Å². The molecule has 0 spiro atoms. The van der Waals surface area contributed by atoms with Crippen LogP contribution in [0.2, 0.25) is 0 Å². The van der Waals surface area contributed by atoms with E-state index in [9.17, 15) is 12.3 Å². The lowest BCUT2D eigenvalue weighted by Crippen LogP contribution is -1.96. The van der Waals surface area contributed by atoms with Crippen molar-refractivity contribution in [3.05, 3.63) is 16.5 Å². The van der Waals surface area contributed by atoms with Crippen LogP contribution in [0.5, 0.6) is 0 Å². The molecule has 1 heterocycles. The van der Waals surface area contributed by atoms with E-state index in [1.807, 2.05) is 0 Å². The van der Waals surface area contributed by atoms with E-state index < -0.39 is 10.2 Å². The van der Waals surface area contributed by atoms with Gasteiger partial charge in [-0.2, -0.15) is 8.42 Å². The maximum Gasteiger partial charge on any atom is 0.341 e. The standard InChI is InChI=1S/C8H9FO2S2/c9-13(10,11)8-5-6-3-1-2-4-7(6)12-8/h5H,1-4H2. The molecule has 0 fully saturated rings. The van der Waals surface area contributed by atoms with Crippen molar-refractivity contribution < 1.29 is 12.3 Å².